The molecule has 0 heterocycles. The van der Waals surface area contributed by atoms with Crippen LogP contribution < -0.4 is 0 Å². The summed E-state index contributed by atoms with van der Waals surface area (Å²) in [5, 5.41) is 0. The van der Waals surface area contributed by atoms with Gasteiger partial charge in [-0.05, 0) is 12.1 Å². The number of hydrogen-bond donors (Lipinski definition) is 0. The van der Waals surface area contributed by atoms with E-state index in [0.29, 0.717) is 0 Å². The van der Waals surface area contributed by atoms with Crippen LogP contribution in [0.3, 0.4) is 0 Å². The second-order valence-electron chi connectivity index (χ2n) is 8.26. The van der Waals surface area contributed by atoms with Gasteiger partial charge in [0.2, 0.25) is 0 Å². The summed E-state index contributed by atoms with van der Waals surface area (Å²) in [5.41, 5.74) is 8.79. The van der Waals surface area contributed by atoms with Crippen molar-refractivity contribution in [2.24, 2.45) is 10.8 Å². The molecule has 3 rings (SSSR count). The Morgan fingerprint density at radius 3 is 1.00 bits per heavy atom. The SMILES string of the molecule is CC1=[C-]C(C)(C)C(C)=C1C.CC1=[C-]C(C)(C)C(C)=C1C.[Hf].c1ccccc#1. The van der Waals surface area contributed by atoms with Gasteiger partial charge in [0.1, 0.15) is 0 Å². The van der Waals surface area contributed by atoms with Crippen LogP contribution in [0.15, 0.2) is 57.7 Å². The minimum atomic E-state index is 0. The molecule has 1 aromatic rings. The van der Waals surface area contributed by atoms with Crippen molar-refractivity contribution in [3.8, 4) is 0 Å². The normalized spacial score (nSPS) is 18.9. The smallest absolute Gasteiger partial charge is 0 e. The Labute approximate surface area is 187 Å². The predicted octanol–water partition coefficient (Wildman–Crippen LogP) is 7.51. The fourth-order valence-corrected chi connectivity index (χ4v) is 3.12. The molecule has 0 aliphatic heterocycles. The van der Waals surface area contributed by atoms with Crippen molar-refractivity contribution < 1.29 is 25.8 Å². The summed E-state index contributed by atoms with van der Waals surface area (Å²) < 4.78 is 0. The molecule has 27 heavy (non-hydrogen) atoms. The largest absolute Gasteiger partial charge is 0.263 e. The van der Waals surface area contributed by atoms with Crippen molar-refractivity contribution in [1.82, 2.24) is 0 Å². The topological polar surface area (TPSA) is 0 Å². The zero-order valence-electron chi connectivity index (χ0n) is 18.8. The first kappa shape index (κ1) is 25.9. The van der Waals surface area contributed by atoms with Gasteiger partial charge in [0.15, 0.2) is 0 Å². The average molecular weight is 525 g/mol. The van der Waals surface area contributed by atoms with Crippen molar-refractivity contribution in [1.29, 1.82) is 0 Å². The third kappa shape index (κ3) is 7.08. The molecule has 1 aromatic carbocycles. The monoisotopic (exact) mass is 526 g/mol. The molecule has 144 valence electrons. The standard InChI is InChI=1S/2C10H15.C6H4.Hf/c2*1-7-6-10(4,5)9(3)8(7)2;1-2-4-6-5-3-1;/h2*1-5H3;1-4H;/q2*-1;;. The third-order valence-corrected chi connectivity index (χ3v) is 5.68. The van der Waals surface area contributed by atoms with Gasteiger partial charge in [0, 0.05) is 25.8 Å². The van der Waals surface area contributed by atoms with Crippen molar-refractivity contribution in [2.75, 3.05) is 0 Å². The van der Waals surface area contributed by atoms with Crippen LogP contribution in [0.25, 0.3) is 0 Å². The Kier molecular flexibility index (Phi) is 9.99. The van der Waals surface area contributed by atoms with Crippen LogP contribution in [0.4, 0.5) is 0 Å². The van der Waals surface area contributed by atoms with Gasteiger partial charge >= 0.3 is 0 Å². The molecule has 0 radical (unpaired) electrons. The van der Waals surface area contributed by atoms with Crippen molar-refractivity contribution in [3.05, 3.63) is 82.0 Å². The molecule has 0 N–H and O–H groups in total. The Bertz CT molecular complexity index is 661. The Balaban J connectivity index is 0.000000380. The van der Waals surface area contributed by atoms with Gasteiger partial charge < -0.3 is 0 Å². The van der Waals surface area contributed by atoms with Gasteiger partial charge in [-0.3, -0.25) is 12.2 Å². The van der Waals surface area contributed by atoms with Crippen LogP contribution in [0, 0.1) is 35.1 Å². The predicted molar refractivity (Wildman–Crippen MR) is 113 cm³/mol. The summed E-state index contributed by atoms with van der Waals surface area (Å²) in [7, 11) is 0. The van der Waals surface area contributed by atoms with Gasteiger partial charge in [0.05, 0.1) is 0 Å². The quantitative estimate of drug-likeness (QED) is 0.243. The minimum absolute atomic E-state index is 0. The van der Waals surface area contributed by atoms with Crippen LogP contribution in [-0.4, -0.2) is 0 Å². The van der Waals surface area contributed by atoms with E-state index in [-0.39, 0.29) is 36.7 Å². The molecular weight excluding hydrogens is 491 g/mol. The second kappa shape index (κ2) is 10.4. The molecule has 0 aromatic heterocycles. The van der Waals surface area contributed by atoms with E-state index in [4.69, 9.17) is 0 Å². The van der Waals surface area contributed by atoms with Crippen LogP contribution >= 0.6 is 0 Å². The van der Waals surface area contributed by atoms with Crippen LogP contribution in [0.5, 0.6) is 0 Å². The van der Waals surface area contributed by atoms with Gasteiger partial charge in [-0.2, -0.15) is 22.3 Å². The second-order valence-corrected chi connectivity index (χ2v) is 8.26. The van der Waals surface area contributed by atoms with E-state index in [2.05, 4.69) is 93.5 Å². The van der Waals surface area contributed by atoms with Crippen LogP contribution in [0.2, 0.25) is 0 Å². The van der Waals surface area contributed by atoms with Crippen molar-refractivity contribution in [3.63, 3.8) is 0 Å². The molecule has 2 aliphatic carbocycles. The Morgan fingerprint density at radius 2 is 0.926 bits per heavy atom. The Hall–Kier alpha value is -1.13. The fraction of sp³-hybridized carbons (Fsp3) is 0.462. The molecule has 1 heteroatoms. The summed E-state index contributed by atoms with van der Waals surface area (Å²) in [6, 6.07) is 13.0. The van der Waals surface area contributed by atoms with Gasteiger partial charge in [-0.25, -0.2) is 11.1 Å². The van der Waals surface area contributed by atoms with E-state index >= 15 is 0 Å². The van der Waals surface area contributed by atoms with E-state index in [9.17, 15) is 0 Å². The summed E-state index contributed by atoms with van der Waals surface area (Å²) in [6.45, 7) is 21.8. The molecule has 0 unspecified atom stereocenters. The average Bonchev–Trinajstić information content (AvgIpc) is 2.88. The molecule has 0 saturated heterocycles. The van der Waals surface area contributed by atoms with E-state index in [1.54, 1.807) is 0 Å². The molecule has 0 spiro atoms. The van der Waals surface area contributed by atoms with E-state index in [0.717, 1.165) is 0 Å². The molecule has 0 bridgehead atoms. The summed E-state index contributed by atoms with van der Waals surface area (Å²) >= 11 is 0. The third-order valence-electron chi connectivity index (χ3n) is 5.68. The zero-order chi connectivity index (χ0) is 20.1. The minimum Gasteiger partial charge on any atom is -0.263 e. The first-order valence-electron chi connectivity index (χ1n) is 9.33. The van der Waals surface area contributed by atoms with Gasteiger partial charge in [0.25, 0.3) is 0 Å². The first-order chi connectivity index (χ1) is 11.9. The number of hydrogen-bond acceptors (Lipinski definition) is 0. The number of rotatable bonds is 0. The summed E-state index contributed by atoms with van der Waals surface area (Å²) in [6.07, 6.45) is 6.87. The first-order valence-corrected chi connectivity index (χ1v) is 9.33. The molecule has 0 fully saturated rings. The molecule has 0 amide bonds. The van der Waals surface area contributed by atoms with Crippen LogP contribution in [0.1, 0.15) is 69.2 Å². The van der Waals surface area contributed by atoms with Crippen molar-refractivity contribution >= 4 is 0 Å². The maximum absolute atomic E-state index is 3.44. The van der Waals surface area contributed by atoms with Gasteiger partial charge in [-0.15, -0.1) is 13.8 Å². The fourth-order valence-electron chi connectivity index (χ4n) is 3.12. The molecule has 0 nitrogen and oxygen atoms in total. The van der Waals surface area contributed by atoms with E-state index in [1.807, 2.05) is 24.3 Å². The Morgan fingerprint density at radius 1 is 0.630 bits per heavy atom. The zero-order valence-corrected chi connectivity index (χ0v) is 22.4. The maximum atomic E-state index is 3.44. The van der Waals surface area contributed by atoms with E-state index in [1.165, 1.54) is 33.4 Å². The number of allylic oxidation sites excluding steroid dienone is 8. The van der Waals surface area contributed by atoms with Crippen LogP contribution in [-0.2, 0) is 25.8 Å². The van der Waals surface area contributed by atoms with Gasteiger partial charge in [-0.1, -0.05) is 90.5 Å². The van der Waals surface area contributed by atoms with Crippen molar-refractivity contribution in [2.45, 2.75) is 69.2 Å². The van der Waals surface area contributed by atoms with E-state index < -0.39 is 0 Å². The molecular formula is C26H34Hf-2. The molecule has 0 atom stereocenters. The summed E-state index contributed by atoms with van der Waals surface area (Å²) in [4.78, 5) is 0. The molecule has 2 aliphatic rings. The maximum Gasteiger partial charge on any atom is 0 e. The summed E-state index contributed by atoms with van der Waals surface area (Å²) in [5.74, 6) is 0. The molecule has 0 saturated carbocycles.